The van der Waals surface area contributed by atoms with E-state index in [0.717, 1.165) is 16.9 Å². The lowest BCUT2D eigenvalue weighted by atomic mass is 10.1. The SMILES string of the molecule is Cc1ccccc1OCCN(C)c1ncc(C(=O)O)c(CCc2ccc(F)cc2)n1. The lowest BCUT2D eigenvalue weighted by molar-refractivity contribution is 0.0694. The van der Waals surface area contributed by atoms with Gasteiger partial charge in [-0.05, 0) is 49.1 Å². The lowest BCUT2D eigenvalue weighted by Gasteiger charge is -2.19. The van der Waals surface area contributed by atoms with Crippen LogP contribution in [0.15, 0.2) is 54.7 Å². The van der Waals surface area contributed by atoms with E-state index in [4.69, 9.17) is 4.74 Å². The van der Waals surface area contributed by atoms with Gasteiger partial charge in [0.25, 0.3) is 0 Å². The Morgan fingerprint density at radius 3 is 2.57 bits per heavy atom. The molecule has 0 spiro atoms. The number of carboxylic acids is 1. The van der Waals surface area contributed by atoms with Gasteiger partial charge in [0.15, 0.2) is 0 Å². The Labute approximate surface area is 175 Å². The van der Waals surface area contributed by atoms with E-state index >= 15 is 0 Å². The van der Waals surface area contributed by atoms with E-state index in [9.17, 15) is 14.3 Å². The van der Waals surface area contributed by atoms with Crippen molar-refractivity contribution in [2.75, 3.05) is 25.1 Å². The van der Waals surface area contributed by atoms with Crippen LogP contribution in [0.1, 0.15) is 27.2 Å². The molecular formula is C23H24FN3O3. The molecule has 7 heteroatoms. The molecule has 1 aromatic heterocycles. The van der Waals surface area contributed by atoms with Crippen LogP contribution < -0.4 is 9.64 Å². The number of aromatic nitrogens is 2. The smallest absolute Gasteiger partial charge is 0.339 e. The molecule has 0 aliphatic rings. The van der Waals surface area contributed by atoms with Crippen LogP contribution in [-0.4, -0.2) is 41.2 Å². The second-order valence-electron chi connectivity index (χ2n) is 7.00. The maximum Gasteiger partial charge on any atom is 0.339 e. The van der Waals surface area contributed by atoms with Gasteiger partial charge in [-0.3, -0.25) is 0 Å². The summed E-state index contributed by atoms with van der Waals surface area (Å²) in [5.41, 5.74) is 2.49. The molecule has 0 unspecified atom stereocenters. The Kier molecular flexibility index (Phi) is 6.95. The minimum absolute atomic E-state index is 0.0745. The first kappa shape index (κ1) is 21.2. The van der Waals surface area contributed by atoms with Crippen molar-refractivity contribution in [3.05, 3.63) is 82.9 Å². The number of likely N-dealkylation sites (N-methyl/N-ethyl adjacent to an activating group) is 1. The molecule has 0 bridgehead atoms. The fourth-order valence-electron chi connectivity index (χ4n) is 2.98. The van der Waals surface area contributed by atoms with Gasteiger partial charge in [-0.1, -0.05) is 30.3 Å². The van der Waals surface area contributed by atoms with Gasteiger partial charge in [-0.15, -0.1) is 0 Å². The highest BCUT2D eigenvalue weighted by molar-refractivity contribution is 5.88. The van der Waals surface area contributed by atoms with Crippen molar-refractivity contribution in [2.24, 2.45) is 0 Å². The van der Waals surface area contributed by atoms with Gasteiger partial charge in [0.05, 0.1) is 17.8 Å². The number of benzene rings is 2. The molecule has 156 valence electrons. The summed E-state index contributed by atoms with van der Waals surface area (Å²) in [6, 6.07) is 13.9. The summed E-state index contributed by atoms with van der Waals surface area (Å²) in [4.78, 5) is 22.1. The highest BCUT2D eigenvalue weighted by atomic mass is 19.1. The number of rotatable bonds is 9. The van der Waals surface area contributed by atoms with E-state index in [2.05, 4.69) is 9.97 Å². The first-order chi connectivity index (χ1) is 14.4. The molecule has 0 saturated carbocycles. The number of hydrogen-bond donors (Lipinski definition) is 1. The molecule has 0 atom stereocenters. The van der Waals surface area contributed by atoms with Gasteiger partial charge in [0, 0.05) is 13.2 Å². The number of anilines is 1. The normalized spacial score (nSPS) is 10.6. The van der Waals surface area contributed by atoms with E-state index in [-0.39, 0.29) is 11.4 Å². The average Bonchev–Trinajstić information content (AvgIpc) is 2.74. The van der Waals surface area contributed by atoms with Gasteiger partial charge >= 0.3 is 5.97 Å². The molecule has 0 saturated heterocycles. The number of para-hydroxylation sites is 1. The van der Waals surface area contributed by atoms with Crippen molar-refractivity contribution in [1.82, 2.24) is 9.97 Å². The second-order valence-corrected chi connectivity index (χ2v) is 7.00. The molecule has 2 aromatic carbocycles. The van der Waals surface area contributed by atoms with Crippen molar-refractivity contribution in [2.45, 2.75) is 19.8 Å². The van der Waals surface area contributed by atoms with E-state index in [1.165, 1.54) is 18.3 Å². The highest BCUT2D eigenvalue weighted by Crippen LogP contribution is 2.17. The van der Waals surface area contributed by atoms with Crippen molar-refractivity contribution in [3.63, 3.8) is 0 Å². The first-order valence-electron chi connectivity index (χ1n) is 9.67. The van der Waals surface area contributed by atoms with Gasteiger partial charge in [0.1, 0.15) is 18.2 Å². The van der Waals surface area contributed by atoms with E-state index in [1.54, 1.807) is 12.1 Å². The van der Waals surface area contributed by atoms with Crippen molar-refractivity contribution < 1.29 is 19.0 Å². The Morgan fingerprint density at radius 1 is 1.13 bits per heavy atom. The predicted molar refractivity (Wildman–Crippen MR) is 113 cm³/mol. The van der Waals surface area contributed by atoms with E-state index in [0.29, 0.717) is 37.6 Å². The van der Waals surface area contributed by atoms with Crippen LogP contribution in [-0.2, 0) is 12.8 Å². The largest absolute Gasteiger partial charge is 0.491 e. The number of carboxylic acid groups (broad SMARTS) is 1. The monoisotopic (exact) mass is 409 g/mol. The molecule has 0 aliphatic heterocycles. The Morgan fingerprint density at radius 2 is 1.87 bits per heavy atom. The van der Waals surface area contributed by atoms with Crippen LogP contribution in [0, 0.1) is 12.7 Å². The Bertz CT molecular complexity index is 1010. The fraction of sp³-hybridized carbons (Fsp3) is 0.261. The third kappa shape index (κ3) is 5.53. The quantitative estimate of drug-likeness (QED) is 0.577. The number of nitrogens with zero attached hydrogens (tertiary/aromatic N) is 3. The van der Waals surface area contributed by atoms with Gasteiger partial charge in [-0.25, -0.2) is 19.2 Å². The van der Waals surface area contributed by atoms with Crippen LogP contribution in [0.3, 0.4) is 0 Å². The fourth-order valence-corrected chi connectivity index (χ4v) is 2.98. The molecule has 0 fully saturated rings. The summed E-state index contributed by atoms with van der Waals surface area (Å²) in [7, 11) is 1.83. The van der Waals surface area contributed by atoms with Gasteiger partial charge < -0.3 is 14.7 Å². The number of aryl methyl sites for hydroxylation is 3. The van der Waals surface area contributed by atoms with Crippen LogP contribution >= 0.6 is 0 Å². The third-order valence-electron chi connectivity index (χ3n) is 4.77. The molecule has 3 aromatic rings. The zero-order valence-electron chi connectivity index (χ0n) is 17.0. The molecule has 0 aliphatic carbocycles. The molecule has 6 nitrogen and oxygen atoms in total. The zero-order chi connectivity index (χ0) is 21.5. The highest BCUT2D eigenvalue weighted by Gasteiger charge is 2.15. The second kappa shape index (κ2) is 9.82. The minimum Gasteiger partial charge on any atom is -0.491 e. The molecule has 3 rings (SSSR count). The lowest BCUT2D eigenvalue weighted by Crippen LogP contribution is -2.26. The van der Waals surface area contributed by atoms with Crippen LogP contribution in [0.4, 0.5) is 10.3 Å². The average molecular weight is 409 g/mol. The number of carbonyl (C=O) groups is 1. The minimum atomic E-state index is -1.07. The maximum absolute atomic E-state index is 13.1. The predicted octanol–water partition coefficient (Wildman–Crippen LogP) is 3.92. The Balaban J connectivity index is 1.66. The topological polar surface area (TPSA) is 75.5 Å². The summed E-state index contributed by atoms with van der Waals surface area (Å²) >= 11 is 0. The molecule has 1 heterocycles. The summed E-state index contributed by atoms with van der Waals surface area (Å²) in [5.74, 6) is -0.111. The number of aromatic carboxylic acids is 1. The molecule has 0 radical (unpaired) electrons. The summed E-state index contributed by atoms with van der Waals surface area (Å²) in [5, 5.41) is 9.46. The van der Waals surface area contributed by atoms with Gasteiger partial charge in [0.2, 0.25) is 5.95 Å². The summed E-state index contributed by atoms with van der Waals surface area (Å²) < 4.78 is 18.9. The van der Waals surface area contributed by atoms with Crippen LogP contribution in [0.25, 0.3) is 0 Å². The number of ether oxygens (including phenoxy) is 1. The van der Waals surface area contributed by atoms with E-state index < -0.39 is 5.97 Å². The zero-order valence-corrected chi connectivity index (χ0v) is 17.0. The maximum atomic E-state index is 13.1. The Hall–Kier alpha value is -3.48. The van der Waals surface area contributed by atoms with Gasteiger partial charge in [-0.2, -0.15) is 0 Å². The summed E-state index contributed by atoms with van der Waals surface area (Å²) in [6.45, 7) is 2.97. The molecule has 1 N–H and O–H groups in total. The van der Waals surface area contributed by atoms with Crippen LogP contribution in [0.2, 0.25) is 0 Å². The first-order valence-corrected chi connectivity index (χ1v) is 9.67. The molecule has 0 amide bonds. The van der Waals surface area contributed by atoms with Crippen molar-refractivity contribution in [3.8, 4) is 5.75 Å². The van der Waals surface area contributed by atoms with Crippen LogP contribution in [0.5, 0.6) is 5.75 Å². The standard InChI is InChI=1S/C23H24FN3O3/c1-16-5-3-4-6-21(16)30-14-13-27(2)23-25-15-19(22(28)29)20(26-23)12-9-17-7-10-18(24)11-8-17/h3-8,10-11,15H,9,12-14H2,1-2H3,(H,28,29). The summed E-state index contributed by atoms with van der Waals surface area (Å²) in [6.07, 6.45) is 2.30. The number of hydrogen-bond acceptors (Lipinski definition) is 5. The number of halogens is 1. The van der Waals surface area contributed by atoms with Crippen molar-refractivity contribution in [1.29, 1.82) is 0 Å². The molecular weight excluding hydrogens is 385 g/mol. The third-order valence-corrected chi connectivity index (χ3v) is 4.77. The van der Waals surface area contributed by atoms with E-state index in [1.807, 2.05) is 43.1 Å². The molecule has 30 heavy (non-hydrogen) atoms. The van der Waals surface area contributed by atoms with Crippen molar-refractivity contribution >= 4 is 11.9 Å².